The highest BCUT2D eigenvalue weighted by atomic mass is 35.5. The highest BCUT2D eigenvalue weighted by molar-refractivity contribution is 7.07. The van der Waals surface area contributed by atoms with Gasteiger partial charge in [-0.2, -0.15) is 18.3 Å². The predicted molar refractivity (Wildman–Crippen MR) is 151 cm³/mol. The van der Waals surface area contributed by atoms with E-state index >= 15 is 0 Å². The minimum atomic E-state index is -4.61. The van der Waals surface area contributed by atoms with Crippen LogP contribution >= 0.6 is 22.9 Å². The topological polar surface area (TPSA) is 111 Å². The first-order valence-electron chi connectivity index (χ1n) is 13.1. The van der Waals surface area contributed by atoms with Gasteiger partial charge in [-0.3, -0.25) is 19.2 Å². The number of aromatic nitrogens is 4. The molecule has 0 radical (unpaired) electrons. The van der Waals surface area contributed by atoms with Gasteiger partial charge in [-0.25, -0.2) is 14.8 Å². The number of carbonyl (C=O) groups is 3. The fourth-order valence-corrected chi connectivity index (χ4v) is 5.47. The van der Waals surface area contributed by atoms with Crippen molar-refractivity contribution in [2.45, 2.75) is 38.5 Å². The Bertz CT molecular complexity index is 1620. The molecule has 1 aromatic carbocycles. The number of hydrogen-bond acceptors (Lipinski definition) is 8. The van der Waals surface area contributed by atoms with E-state index in [0.29, 0.717) is 18.7 Å². The molecule has 224 valence electrons. The predicted octanol–water partition coefficient (Wildman–Crippen LogP) is 5.27. The lowest BCUT2D eigenvalue weighted by molar-refractivity contribution is -0.142. The molecule has 1 fully saturated rings. The summed E-state index contributed by atoms with van der Waals surface area (Å²) in [4.78, 5) is 51.1. The lowest BCUT2D eigenvalue weighted by atomic mass is 10.0. The van der Waals surface area contributed by atoms with Gasteiger partial charge in [-0.1, -0.05) is 23.7 Å². The van der Waals surface area contributed by atoms with E-state index in [2.05, 4.69) is 15.1 Å². The Morgan fingerprint density at radius 1 is 1.12 bits per heavy atom. The smallest absolute Gasteiger partial charge is 0.419 e. The number of aryl methyl sites for hydroxylation is 1. The molecule has 43 heavy (non-hydrogen) atoms. The molecule has 0 saturated carbocycles. The molecule has 0 spiro atoms. The number of likely N-dealkylation sites (tertiary alicyclic amines) is 1. The number of halogens is 4. The van der Waals surface area contributed by atoms with Crippen LogP contribution in [-0.2, 0) is 17.5 Å². The quantitative estimate of drug-likeness (QED) is 0.202. The fraction of sp³-hybridized carbons (Fsp3) is 0.286. The van der Waals surface area contributed by atoms with Gasteiger partial charge < -0.3 is 9.64 Å². The number of pyridine rings is 1. The Morgan fingerprint density at radius 3 is 2.51 bits per heavy atom. The first kappa shape index (κ1) is 30.2. The standard InChI is InChI=1S/C28H24ClF3N6O4S/c1-17-13-22(28(30,31)32)35-37(17)14-24(39)36-11-8-18(9-12-36)38(23-15-43-16-34-23)26(40)19-5-4-6-20(29)25(19)42-27(41)21-7-2-3-10-33-21/h2-7,10,13,15-16,18H,8-9,11-12,14H2,1H3. The lowest BCUT2D eigenvalue weighted by Crippen LogP contribution is -2.50. The van der Waals surface area contributed by atoms with Crippen molar-refractivity contribution >= 4 is 46.5 Å². The van der Waals surface area contributed by atoms with Crippen LogP contribution in [0.1, 0.15) is 45.1 Å². The van der Waals surface area contributed by atoms with Crippen LogP contribution in [0.4, 0.5) is 19.0 Å². The van der Waals surface area contributed by atoms with Crippen molar-refractivity contribution in [1.82, 2.24) is 24.6 Å². The van der Waals surface area contributed by atoms with Crippen molar-refractivity contribution in [1.29, 1.82) is 0 Å². The van der Waals surface area contributed by atoms with Crippen LogP contribution in [-0.4, -0.2) is 61.6 Å². The van der Waals surface area contributed by atoms with Crippen LogP contribution in [0.25, 0.3) is 0 Å². The minimum absolute atomic E-state index is 0.0363. The summed E-state index contributed by atoms with van der Waals surface area (Å²) in [7, 11) is 0. The van der Waals surface area contributed by atoms with E-state index < -0.39 is 23.7 Å². The molecule has 0 atom stereocenters. The third-order valence-corrected chi connectivity index (χ3v) is 7.76. The number of para-hydroxylation sites is 1. The zero-order valence-electron chi connectivity index (χ0n) is 22.6. The van der Waals surface area contributed by atoms with Crippen molar-refractivity contribution in [2.24, 2.45) is 0 Å². The molecule has 1 aliphatic rings. The fourth-order valence-electron chi connectivity index (χ4n) is 4.73. The molecule has 1 saturated heterocycles. The average molecular weight is 633 g/mol. The number of anilines is 1. The normalized spacial score (nSPS) is 14.0. The second-order valence-electron chi connectivity index (χ2n) is 9.68. The van der Waals surface area contributed by atoms with E-state index in [1.165, 1.54) is 52.5 Å². The number of amides is 2. The van der Waals surface area contributed by atoms with E-state index in [4.69, 9.17) is 16.3 Å². The van der Waals surface area contributed by atoms with Crippen molar-refractivity contribution in [3.8, 4) is 5.75 Å². The number of hydrogen-bond donors (Lipinski definition) is 0. The molecule has 15 heteroatoms. The Hall–Kier alpha value is -4.30. The minimum Gasteiger partial charge on any atom is -0.419 e. The number of nitrogens with zero attached hydrogens (tertiary/aromatic N) is 6. The van der Waals surface area contributed by atoms with Gasteiger partial charge in [0.15, 0.2) is 11.4 Å². The largest absolute Gasteiger partial charge is 0.435 e. The molecule has 5 rings (SSSR count). The second kappa shape index (κ2) is 12.5. The van der Waals surface area contributed by atoms with E-state index in [9.17, 15) is 27.6 Å². The van der Waals surface area contributed by atoms with Gasteiger partial charge >= 0.3 is 12.1 Å². The van der Waals surface area contributed by atoms with Gasteiger partial charge in [0.05, 0.1) is 16.1 Å². The zero-order valence-corrected chi connectivity index (χ0v) is 24.2. The maximum Gasteiger partial charge on any atom is 0.435 e. The van der Waals surface area contributed by atoms with E-state index in [0.717, 1.165) is 10.7 Å². The summed E-state index contributed by atoms with van der Waals surface area (Å²) in [6.45, 7) is 1.62. The van der Waals surface area contributed by atoms with Crippen molar-refractivity contribution in [2.75, 3.05) is 18.0 Å². The van der Waals surface area contributed by atoms with Crippen LogP contribution < -0.4 is 9.64 Å². The average Bonchev–Trinajstić information content (AvgIpc) is 3.65. The number of esters is 1. The number of carbonyl (C=O) groups excluding carboxylic acids is 3. The number of rotatable bonds is 7. The Morgan fingerprint density at radius 2 is 1.88 bits per heavy atom. The van der Waals surface area contributed by atoms with Gasteiger partial charge in [0.2, 0.25) is 5.91 Å². The first-order chi connectivity index (χ1) is 20.5. The molecule has 4 heterocycles. The van der Waals surface area contributed by atoms with Gasteiger partial charge in [0, 0.05) is 36.4 Å². The van der Waals surface area contributed by atoms with Crippen LogP contribution in [0.2, 0.25) is 5.02 Å². The molecule has 1 aliphatic heterocycles. The SMILES string of the molecule is Cc1cc(C(F)(F)F)nn1CC(=O)N1CCC(N(C(=O)c2cccc(Cl)c2OC(=O)c2ccccn2)c2cscn2)CC1. The van der Waals surface area contributed by atoms with Gasteiger partial charge in [0.1, 0.15) is 18.1 Å². The van der Waals surface area contributed by atoms with Crippen LogP contribution in [0, 0.1) is 6.92 Å². The van der Waals surface area contributed by atoms with Crippen molar-refractivity contribution in [3.05, 3.63) is 87.2 Å². The molecule has 0 bridgehead atoms. The van der Waals surface area contributed by atoms with Crippen LogP contribution in [0.15, 0.2) is 59.6 Å². The number of alkyl halides is 3. The zero-order chi connectivity index (χ0) is 30.7. The Labute approximate surface area is 252 Å². The van der Waals surface area contributed by atoms with Crippen LogP contribution in [0.3, 0.4) is 0 Å². The Kier molecular flexibility index (Phi) is 8.78. The summed E-state index contributed by atoms with van der Waals surface area (Å²) in [5.41, 5.74) is 0.819. The number of piperidine rings is 1. The maximum atomic E-state index is 14.1. The maximum absolute atomic E-state index is 14.1. The van der Waals surface area contributed by atoms with Crippen molar-refractivity contribution < 1.29 is 32.3 Å². The first-order valence-corrected chi connectivity index (χ1v) is 14.4. The summed E-state index contributed by atoms with van der Waals surface area (Å²) in [5.74, 6) is -1.42. The third kappa shape index (κ3) is 6.70. The van der Waals surface area contributed by atoms with Gasteiger partial charge in [0.25, 0.3) is 5.91 Å². The molecule has 3 aromatic heterocycles. The van der Waals surface area contributed by atoms with Gasteiger partial charge in [-0.15, -0.1) is 11.3 Å². The lowest BCUT2D eigenvalue weighted by Gasteiger charge is -2.37. The molecule has 4 aromatic rings. The summed E-state index contributed by atoms with van der Waals surface area (Å²) in [5, 5.41) is 5.30. The molecule has 0 unspecified atom stereocenters. The highest BCUT2D eigenvalue weighted by Crippen LogP contribution is 2.34. The third-order valence-electron chi connectivity index (χ3n) is 6.89. The number of benzene rings is 1. The number of thiazole rings is 1. The molecular formula is C28H24ClF3N6O4S. The Balaban J connectivity index is 1.33. The van der Waals surface area contributed by atoms with Crippen LogP contribution in [0.5, 0.6) is 5.75 Å². The molecule has 2 amide bonds. The summed E-state index contributed by atoms with van der Waals surface area (Å²) >= 11 is 7.68. The molecular weight excluding hydrogens is 609 g/mol. The second-order valence-corrected chi connectivity index (χ2v) is 10.8. The number of ether oxygens (including phenoxy) is 1. The summed E-state index contributed by atoms with van der Waals surface area (Å²) in [6.07, 6.45) is -2.44. The van der Waals surface area contributed by atoms with E-state index in [-0.39, 0.29) is 59.3 Å². The highest BCUT2D eigenvalue weighted by Gasteiger charge is 2.36. The monoisotopic (exact) mass is 632 g/mol. The molecule has 0 N–H and O–H groups in total. The van der Waals surface area contributed by atoms with Crippen molar-refractivity contribution in [3.63, 3.8) is 0 Å². The molecule has 10 nitrogen and oxygen atoms in total. The van der Waals surface area contributed by atoms with E-state index in [1.807, 2.05) is 0 Å². The van der Waals surface area contributed by atoms with E-state index in [1.54, 1.807) is 29.1 Å². The summed E-state index contributed by atoms with van der Waals surface area (Å²) in [6, 6.07) is 9.81. The molecule has 0 aliphatic carbocycles. The van der Waals surface area contributed by atoms with Gasteiger partial charge in [-0.05, 0) is 50.1 Å². The summed E-state index contributed by atoms with van der Waals surface area (Å²) < 4.78 is 45.7.